The van der Waals surface area contributed by atoms with Crippen LogP contribution < -0.4 is 0 Å². The molecule has 2 aromatic carbocycles. The molecule has 0 amide bonds. The number of aliphatic hydroxyl groups excluding tert-OH is 6. The van der Waals surface area contributed by atoms with E-state index >= 15 is 0 Å². The molecule has 55 heavy (non-hydrogen) atoms. The topological polar surface area (TPSA) is 242 Å². The van der Waals surface area contributed by atoms with Gasteiger partial charge in [0.25, 0.3) is 0 Å². The number of carbonyl (C=O) groups is 4. The van der Waals surface area contributed by atoms with E-state index in [1.807, 2.05) is 0 Å². The number of carbonyl (C=O) groups excluding carboxylic acids is 4. The predicted molar refractivity (Wildman–Crippen MR) is 204 cm³/mol. The molecule has 1 fully saturated rings. The molecule has 0 spiro atoms. The molecule has 2 aliphatic rings. The van der Waals surface area contributed by atoms with Gasteiger partial charge in [0.05, 0.1) is 68.8 Å². The zero-order chi connectivity index (χ0) is 41.7. The van der Waals surface area contributed by atoms with Crippen molar-refractivity contribution in [3.05, 3.63) is 70.8 Å². The minimum atomic E-state index is -0.570. The number of aliphatic imine (C=N–C) groups is 1. The summed E-state index contributed by atoms with van der Waals surface area (Å²) in [4.78, 5) is 52.2. The van der Waals surface area contributed by atoms with Crippen LogP contribution in [-0.4, -0.2) is 168 Å². The van der Waals surface area contributed by atoms with E-state index in [9.17, 15) is 19.2 Å². The van der Waals surface area contributed by atoms with Crippen molar-refractivity contribution < 1.29 is 101 Å². The molecule has 308 valence electrons. The molecule has 4 rings (SSSR count). The van der Waals surface area contributed by atoms with E-state index in [1.54, 1.807) is 24.3 Å². The number of ether oxygens (including phenoxy) is 4. The van der Waals surface area contributed by atoms with E-state index in [1.165, 1.54) is 89.3 Å². The van der Waals surface area contributed by atoms with Crippen LogP contribution in [-0.2, 0) is 18.9 Å². The predicted octanol–water partition coefficient (Wildman–Crippen LogP) is 0.881. The first-order valence-electron chi connectivity index (χ1n) is 17.9. The van der Waals surface area contributed by atoms with Gasteiger partial charge in [-0.25, -0.2) is 14.4 Å². The smallest absolute Gasteiger partial charge is 0.338 e. The number of Topliss-reactive ketones (excluding diaryl/α,β-unsaturated/α-hetero) is 1. The number of nitrogens with zero attached hydrogens (tertiary/aromatic N) is 2. The molecule has 0 aromatic heterocycles. The molecule has 0 unspecified atom stereocenters. The van der Waals surface area contributed by atoms with Crippen molar-refractivity contribution in [3.63, 3.8) is 0 Å². The first-order chi connectivity index (χ1) is 26.6. The van der Waals surface area contributed by atoms with Gasteiger partial charge in [0.2, 0.25) is 0 Å². The molecule has 2 radical (unpaired) electrons. The third-order valence-corrected chi connectivity index (χ3v) is 6.83. The molecule has 16 nitrogen and oxygen atoms in total. The minimum Gasteiger partial charge on any atom is -0.460 e. The fourth-order valence-electron chi connectivity index (χ4n) is 4.27. The maximum Gasteiger partial charge on any atom is 0.338 e. The molecule has 18 heteroatoms. The van der Waals surface area contributed by atoms with Crippen molar-refractivity contribution in [1.82, 2.24) is 4.90 Å². The molecule has 0 atom stereocenters. The molecular formula is C37H59BN2O14U. The third-order valence-electron chi connectivity index (χ3n) is 6.83. The first kappa shape index (κ1) is 53.9. The van der Waals surface area contributed by atoms with Gasteiger partial charge >= 0.3 is 17.9 Å². The second-order valence-corrected chi connectivity index (χ2v) is 10.9. The van der Waals surface area contributed by atoms with Crippen molar-refractivity contribution in [3.8, 4) is 0 Å². The van der Waals surface area contributed by atoms with Crippen molar-refractivity contribution in [2.75, 3.05) is 92.8 Å². The van der Waals surface area contributed by atoms with Crippen LogP contribution in [0.5, 0.6) is 0 Å². The van der Waals surface area contributed by atoms with E-state index in [4.69, 9.17) is 50.9 Å². The maximum absolute atomic E-state index is 11.4. The fraction of sp³-hybridized carbons (Fsp3) is 0.541. The van der Waals surface area contributed by atoms with Crippen LogP contribution in [0, 0.1) is 31.1 Å². The van der Waals surface area contributed by atoms with Crippen LogP contribution >= 0.6 is 0 Å². The Labute approximate surface area is 351 Å². The largest absolute Gasteiger partial charge is 0.460 e. The second-order valence-electron chi connectivity index (χ2n) is 10.9. The van der Waals surface area contributed by atoms with E-state index in [0.29, 0.717) is 17.7 Å². The molecule has 6 N–H and O–H groups in total. The zero-order valence-electron chi connectivity index (χ0n) is 32.8. The maximum atomic E-state index is 11.4. The Morgan fingerprint density at radius 2 is 1.04 bits per heavy atom. The molecule has 2 heterocycles. The van der Waals surface area contributed by atoms with Crippen LogP contribution in [0.2, 0.25) is 0 Å². The number of rotatable bonds is 13. The van der Waals surface area contributed by atoms with Gasteiger partial charge in [0, 0.05) is 79.6 Å². The van der Waals surface area contributed by atoms with Gasteiger partial charge in [-0.05, 0) is 63.9 Å². The Kier molecular flexibility index (Phi) is 37.0. The first-order valence-corrected chi connectivity index (χ1v) is 17.3. The molecule has 2 aromatic rings. The number of amidine groups is 1. The van der Waals surface area contributed by atoms with E-state index in [-0.39, 0.29) is 109 Å². The summed E-state index contributed by atoms with van der Waals surface area (Å²) in [6.07, 6.45) is 6.63. The van der Waals surface area contributed by atoms with Gasteiger partial charge in [0.15, 0.2) is 5.78 Å². The summed E-state index contributed by atoms with van der Waals surface area (Å²) in [5, 5.41) is 47.5. The van der Waals surface area contributed by atoms with Crippen LogP contribution in [0.15, 0.2) is 53.5 Å². The Morgan fingerprint density at radius 3 is 1.42 bits per heavy atom. The number of hydrogen-bond acceptors (Lipinski definition) is 16. The number of benzene rings is 2. The molecule has 0 aliphatic carbocycles. The van der Waals surface area contributed by atoms with Crippen LogP contribution in [0.3, 0.4) is 0 Å². The van der Waals surface area contributed by atoms with E-state index in [0.717, 1.165) is 6.54 Å². The quantitative estimate of drug-likeness (QED) is 0.0537. The zero-order valence-corrected chi connectivity index (χ0v) is 35.9. The third kappa shape index (κ3) is 27.1. The molecule has 2 aliphatic heterocycles. The van der Waals surface area contributed by atoms with Gasteiger partial charge < -0.3 is 54.5 Å². The average molecular weight is 1010 g/mol. The van der Waals surface area contributed by atoms with Crippen molar-refractivity contribution >= 4 is 37.9 Å². The number of esters is 3. The molecular weight excluding hydrogens is 945 g/mol. The molecule has 1 saturated heterocycles. The minimum absolute atomic E-state index is 0. The van der Waals surface area contributed by atoms with Crippen LogP contribution in [0.1, 0.15) is 81.9 Å². The van der Waals surface area contributed by atoms with Crippen LogP contribution in [0.4, 0.5) is 0 Å². The number of fused-ring (bicyclic) bond motifs is 1. The Balaban J connectivity index is -0.000000330. The van der Waals surface area contributed by atoms with E-state index < -0.39 is 17.9 Å². The van der Waals surface area contributed by atoms with E-state index in [2.05, 4.69) is 18.3 Å². The van der Waals surface area contributed by atoms with Gasteiger partial charge in [-0.15, -0.1) is 0 Å². The summed E-state index contributed by atoms with van der Waals surface area (Å²) in [5.41, 5.74) is 1.57. The summed E-state index contributed by atoms with van der Waals surface area (Å²) in [7, 11) is 5.29. The summed E-state index contributed by atoms with van der Waals surface area (Å²) < 4.78 is 24.3. The van der Waals surface area contributed by atoms with Gasteiger partial charge in [-0.3, -0.25) is 9.79 Å². The monoisotopic (exact) mass is 1010 g/mol. The molecule has 0 saturated carbocycles. The standard InChI is InChI=1S/C12H14O6.C12H14O4.C9H16N2.2C2H6O2.BH.U.H2/c13-5-7-17-11(15)9-1-2-10(4-3-9)12(16)18-8-6-14;1-9(13)10-3-5-11(6-4-10)12(14)16-8-7-15-2;1-2-5-9-10-6-4-8-11(9)7-3-1;2*3-1-2-4;;;/h1-4,13-14H,5-8H2;3-6H,7-8H2,1-2H3;1-8H2;2*3-4H,1-2H2;1H;;1H/i;;;;;1D;;1+1. The average Bonchev–Trinajstić information content (AvgIpc) is 3.49. The molecule has 0 bridgehead atoms. The normalized spacial score (nSPS) is 12.4. The van der Waals surface area contributed by atoms with Gasteiger partial charge in [0.1, 0.15) is 19.8 Å². The second kappa shape index (κ2) is 37.7. The number of hydrogen-bond donors (Lipinski definition) is 6. The summed E-state index contributed by atoms with van der Waals surface area (Å²) in [6.45, 7) is 4.56. The number of methoxy groups -OCH3 is 1. The summed E-state index contributed by atoms with van der Waals surface area (Å²) in [6, 6.07) is 12.1. The Morgan fingerprint density at radius 1 is 0.636 bits per heavy atom. The Hall–Kier alpha value is -3.17. The van der Waals surface area contributed by atoms with Crippen molar-refractivity contribution in [1.29, 1.82) is 1.34 Å². The van der Waals surface area contributed by atoms with Crippen molar-refractivity contribution in [2.45, 2.75) is 39.0 Å². The van der Waals surface area contributed by atoms with Gasteiger partial charge in [-0.2, -0.15) is 0 Å². The summed E-state index contributed by atoms with van der Waals surface area (Å²) in [5.74, 6) is -0.182. The van der Waals surface area contributed by atoms with Crippen LogP contribution in [0.25, 0.3) is 0 Å². The number of ketones is 1. The SMILES string of the molecule is C1CCC2=NCCCN2CC1.COCCOC(=O)c1ccc(C(C)=O)cc1.O=C(OCCO)c1ccc(C(=O)OCCO)cc1.OCCO.OCCO.[2HH].[2H][B].[U]. The Bertz CT molecular complexity index is 1280. The van der Waals surface area contributed by atoms with Crippen molar-refractivity contribution in [2.24, 2.45) is 4.99 Å². The fourth-order valence-corrected chi connectivity index (χ4v) is 4.27. The van der Waals surface area contributed by atoms with Gasteiger partial charge in [-0.1, -0.05) is 18.6 Å². The number of aliphatic hydroxyl groups is 6. The summed E-state index contributed by atoms with van der Waals surface area (Å²) >= 11 is 0.